The largest absolute Gasteiger partial charge is 0.341 e. The minimum Gasteiger partial charge on any atom is -0.341 e. The summed E-state index contributed by atoms with van der Waals surface area (Å²) in [5.41, 5.74) is 5.60. The van der Waals surface area contributed by atoms with E-state index in [0.717, 1.165) is 40.7 Å². The summed E-state index contributed by atoms with van der Waals surface area (Å²) in [4.78, 5) is 11.1. The highest BCUT2D eigenvalue weighted by atomic mass is 15.2. The summed E-state index contributed by atoms with van der Waals surface area (Å²) in [6.45, 7) is 11.3. The van der Waals surface area contributed by atoms with Gasteiger partial charge in [0.1, 0.15) is 11.6 Å². The number of hydrogen-bond acceptors (Lipinski definition) is 4. The molecule has 0 aliphatic carbocycles. The second-order valence-electron chi connectivity index (χ2n) is 5.49. The maximum Gasteiger partial charge on any atom is 0.133 e. The monoisotopic (exact) mass is 292 g/mol. The molecule has 112 valence electrons. The van der Waals surface area contributed by atoms with Crippen LogP contribution in [0.4, 0.5) is 17.3 Å². The standard InChI is InChI=1S/C18H20N4/c1-5-22-14(4)13(3)8-15-11-20-18(9-16(15)22)21-17-7-6-12(2)10-19-17/h6-11H,4-5H2,1-3H3,(H,19,20,21). The molecule has 0 fully saturated rings. The van der Waals surface area contributed by atoms with Crippen LogP contribution in [0.5, 0.6) is 0 Å². The minimum atomic E-state index is 0.786. The predicted molar refractivity (Wildman–Crippen MR) is 92.3 cm³/mol. The fourth-order valence-electron chi connectivity index (χ4n) is 2.58. The Kier molecular flexibility index (Phi) is 3.67. The first-order valence-electron chi connectivity index (χ1n) is 7.43. The third-order valence-electron chi connectivity index (χ3n) is 3.84. The summed E-state index contributed by atoms with van der Waals surface area (Å²) >= 11 is 0. The molecule has 0 bridgehead atoms. The molecule has 0 atom stereocenters. The lowest BCUT2D eigenvalue weighted by atomic mass is 10.0. The highest BCUT2D eigenvalue weighted by Crippen LogP contribution is 2.35. The summed E-state index contributed by atoms with van der Waals surface area (Å²) < 4.78 is 0. The van der Waals surface area contributed by atoms with Crippen molar-refractivity contribution in [2.75, 3.05) is 16.8 Å². The normalized spacial score (nSPS) is 13.7. The topological polar surface area (TPSA) is 41.1 Å². The van der Waals surface area contributed by atoms with Crippen LogP contribution in [0, 0.1) is 6.92 Å². The number of rotatable bonds is 3. The van der Waals surface area contributed by atoms with Gasteiger partial charge < -0.3 is 10.2 Å². The van der Waals surface area contributed by atoms with E-state index in [1.54, 1.807) is 0 Å². The van der Waals surface area contributed by atoms with E-state index in [-0.39, 0.29) is 0 Å². The van der Waals surface area contributed by atoms with Crippen LogP contribution in [-0.4, -0.2) is 16.5 Å². The third-order valence-corrected chi connectivity index (χ3v) is 3.84. The van der Waals surface area contributed by atoms with Crippen LogP contribution in [0.2, 0.25) is 0 Å². The van der Waals surface area contributed by atoms with Crippen molar-refractivity contribution in [3.63, 3.8) is 0 Å². The molecular weight excluding hydrogens is 272 g/mol. The van der Waals surface area contributed by atoms with Crippen molar-refractivity contribution in [2.24, 2.45) is 0 Å². The molecule has 0 aromatic carbocycles. The Balaban J connectivity index is 1.95. The number of anilines is 3. The first-order chi connectivity index (χ1) is 10.6. The van der Waals surface area contributed by atoms with Crippen LogP contribution < -0.4 is 10.2 Å². The summed E-state index contributed by atoms with van der Waals surface area (Å²) in [7, 11) is 0. The molecule has 0 unspecified atom stereocenters. The highest BCUT2D eigenvalue weighted by Gasteiger charge is 2.19. The fraction of sp³-hybridized carbons (Fsp3) is 0.222. The van der Waals surface area contributed by atoms with Gasteiger partial charge in [0.05, 0.1) is 5.69 Å². The molecule has 3 heterocycles. The van der Waals surface area contributed by atoms with Gasteiger partial charge in [0, 0.05) is 36.3 Å². The molecular formula is C18H20N4. The van der Waals surface area contributed by atoms with Gasteiger partial charge >= 0.3 is 0 Å². The molecule has 4 heteroatoms. The molecule has 1 N–H and O–H groups in total. The fourth-order valence-corrected chi connectivity index (χ4v) is 2.58. The molecule has 0 saturated carbocycles. The predicted octanol–water partition coefficient (Wildman–Crippen LogP) is 4.29. The maximum atomic E-state index is 4.49. The van der Waals surface area contributed by atoms with Crippen molar-refractivity contribution in [3.05, 3.63) is 59.6 Å². The zero-order chi connectivity index (χ0) is 15.7. The van der Waals surface area contributed by atoms with Crippen molar-refractivity contribution >= 4 is 23.4 Å². The molecule has 0 saturated heterocycles. The number of hydrogen-bond donors (Lipinski definition) is 1. The summed E-state index contributed by atoms with van der Waals surface area (Å²) in [5, 5.41) is 3.25. The van der Waals surface area contributed by atoms with E-state index in [0.29, 0.717) is 0 Å². The van der Waals surface area contributed by atoms with Gasteiger partial charge in [0.15, 0.2) is 0 Å². The third kappa shape index (κ3) is 2.60. The van der Waals surface area contributed by atoms with E-state index in [4.69, 9.17) is 0 Å². The Morgan fingerprint density at radius 2 is 1.91 bits per heavy atom. The Labute approximate surface area is 131 Å². The quantitative estimate of drug-likeness (QED) is 0.916. The number of likely N-dealkylation sites (N-methyl/N-ethyl adjacent to an activating group) is 1. The first-order valence-corrected chi connectivity index (χ1v) is 7.43. The van der Waals surface area contributed by atoms with E-state index in [2.05, 4.69) is 52.8 Å². The molecule has 1 aliphatic rings. The lowest BCUT2D eigenvalue weighted by molar-refractivity contribution is 0.952. The molecule has 22 heavy (non-hydrogen) atoms. The summed E-state index contributed by atoms with van der Waals surface area (Å²) in [6.07, 6.45) is 5.86. The number of allylic oxidation sites excluding steroid dienone is 1. The number of pyridine rings is 2. The zero-order valence-electron chi connectivity index (χ0n) is 13.2. The summed E-state index contributed by atoms with van der Waals surface area (Å²) in [6, 6.07) is 6.03. The Morgan fingerprint density at radius 1 is 1.14 bits per heavy atom. The van der Waals surface area contributed by atoms with Gasteiger partial charge in [-0.05, 0) is 44.1 Å². The maximum absolute atomic E-state index is 4.49. The van der Waals surface area contributed by atoms with Crippen LogP contribution in [-0.2, 0) is 0 Å². The smallest absolute Gasteiger partial charge is 0.133 e. The van der Waals surface area contributed by atoms with Gasteiger partial charge in [-0.1, -0.05) is 12.6 Å². The zero-order valence-corrected chi connectivity index (χ0v) is 13.2. The molecule has 0 amide bonds. The lowest BCUT2D eigenvalue weighted by Gasteiger charge is -2.31. The second kappa shape index (κ2) is 5.64. The molecule has 2 aromatic heterocycles. The van der Waals surface area contributed by atoms with E-state index in [1.807, 2.05) is 31.5 Å². The number of aromatic nitrogens is 2. The number of aryl methyl sites for hydroxylation is 1. The van der Waals surface area contributed by atoms with E-state index < -0.39 is 0 Å². The minimum absolute atomic E-state index is 0.786. The van der Waals surface area contributed by atoms with Crippen LogP contribution in [0.3, 0.4) is 0 Å². The van der Waals surface area contributed by atoms with E-state index in [1.165, 1.54) is 5.57 Å². The van der Waals surface area contributed by atoms with Crippen molar-refractivity contribution in [1.29, 1.82) is 0 Å². The van der Waals surface area contributed by atoms with Gasteiger partial charge in [0.2, 0.25) is 0 Å². The Bertz CT molecular complexity index is 744. The van der Waals surface area contributed by atoms with Crippen LogP contribution >= 0.6 is 0 Å². The lowest BCUT2D eigenvalue weighted by Crippen LogP contribution is -2.25. The SMILES string of the molecule is C=C1C(C)=Cc2cnc(Nc3ccc(C)cn3)cc2N1CC. The van der Waals surface area contributed by atoms with Gasteiger partial charge in [-0.15, -0.1) is 0 Å². The van der Waals surface area contributed by atoms with E-state index in [9.17, 15) is 0 Å². The van der Waals surface area contributed by atoms with Gasteiger partial charge in [-0.25, -0.2) is 9.97 Å². The van der Waals surface area contributed by atoms with Crippen LogP contribution in [0.15, 0.2) is 48.4 Å². The van der Waals surface area contributed by atoms with Crippen molar-refractivity contribution < 1.29 is 0 Å². The Hall–Kier alpha value is -2.62. The van der Waals surface area contributed by atoms with Crippen molar-refractivity contribution in [2.45, 2.75) is 20.8 Å². The molecule has 4 nitrogen and oxygen atoms in total. The Morgan fingerprint density at radius 3 is 2.59 bits per heavy atom. The highest BCUT2D eigenvalue weighted by molar-refractivity contribution is 5.80. The molecule has 0 spiro atoms. The second-order valence-corrected chi connectivity index (χ2v) is 5.49. The van der Waals surface area contributed by atoms with Gasteiger partial charge in [0.25, 0.3) is 0 Å². The van der Waals surface area contributed by atoms with Gasteiger partial charge in [-0.2, -0.15) is 0 Å². The van der Waals surface area contributed by atoms with Crippen LogP contribution in [0.25, 0.3) is 6.08 Å². The first kappa shape index (κ1) is 14.3. The summed E-state index contributed by atoms with van der Waals surface area (Å²) in [5.74, 6) is 1.58. The molecule has 3 rings (SSSR count). The van der Waals surface area contributed by atoms with E-state index >= 15 is 0 Å². The number of fused-ring (bicyclic) bond motifs is 1. The molecule has 0 radical (unpaired) electrons. The average Bonchev–Trinajstić information content (AvgIpc) is 2.51. The molecule has 1 aliphatic heterocycles. The number of nitrogens with one attached hydrogen (secondary N) is 1. The molecule has 2 aromatic rings. The van der Waals surface area contributed by atoms with Crippen molar-refractivity contribution in [1.82, 2.24) is 9.97 Å². The van der Waals surface area contributed by atoms with Crippen LogP contribution in [0.1, 0.15) is 25.0 Å². The van der Waals surface area contributed by atoms with Crippen molar-refractivity contribution in [3.8, 4) is 0 Å². The van der Waals surface area contributed by atoms with Gasteiger partial charge in [-0.3, -0.25) is 0 Å². The number of nitrogens with zero attached hydrogens (tertiary/aromatic N) is 3. The average molecular weight is 292 g/mol.